The predicted molar refractivity (Wildman–Crippen MR) is 88.5 cm³/mol. The molecule has 1 aliphatic rings. The lowest BCUT2D eigenvalue weighted by Gasteiger charge is -2.30. The van der Waals surface area contributed by atoms with E-state index in [-0.39, 0.29) is 12.6 Å². The van der Waals surface area contributed by atoms with Crippen molar-refractivity contribution in [3.05, 3.63) is 0 Å². The van der Waals surface area contributed by atoms with Gasteiger partial charge in [-0.1, -0.05) is 40.0 Å². The Bertz CT molecular complexity index is 261. The molecule has 124 valence electrons. The van der Waals surface area contributed by atoms with Gasteiger partial charge in [0, 0.05) is 0 Å². The summed E-state index contributed by atoms with van der Waals surface area (Å²) in [6.45, 7) is 9.67. The van der Waals surface area contributed by atoms with Gasteiger partial charge in [-0.15, -0.1) is 0 Å². The van der Waals surface area contributed by atoms with Crippen molar-refractivity contribution in [3.8, 4) is 0 Å². The Labute approximate surface area is 129 Å². The van der Waals surface area contributed by atoms with Gasteiger partial charge in [0.05, 0.1) is 6.54 Å². The summed E-state index contributed by atoms with van der Waals surface area (Å²) in [6.07, 6.45) is 7.39. The van der Waals surface area contributed by atoms with Gasteiger partial charge >= 0.3 is 5.96 Å². The fourth-order valence-electron chi connectivity index (χ4n) is 2.14. The quantitative estimate of drug-likeness (QED) is 0.286. The predicted octanol–water partition coefficient (Wildman–Crippen LogP) is -0.648. The molecule has 1 fully saturated rings. The van der Waals surface area contributed by atoms with Crippen LogP contribution in [0.4, 0.5) is 0 Å². The average Bonchev–Trinajstić information content (AvgIpc) is 2.48. The van der Waals surface area contributed by atoms with E-state index in [1.54, 1.807) is 0 Å². The van der Waals surface area contributed by atoms with Gasteiger partial charge in [0.25, 0.3) is 0 Å². The normalized spacial score (nSPS) is 21.8. The first kappa shape index (κ1) is 18.2. The monoisotopic (exact) mass is 299 g/mol. The molecule has 0 aromatic rings. The van der Waals surface area contributed by atoms with Crippen LogP contribution in [-0.4, -0.2) is 38.2 Å². The molecule has 0 aromatic carbocycles. The first-order valence-electron chi connectivity index (χ1n) is 8.66. The van der Waals surface area contributed by atoms with Crippen molar-refractivity contribution in [2.24, 2.45) is 0 Å². The van der Waals surface area contributed by atoms with Crippen LogP contribution in [-0.2, 0) is 0 Å². The molecule has 1 aliphatic heterocycles. The van der Waals surface area contributed by atoms with Crippen LogP contribution < -0.4 is 31.6 Å². The van der Waals surface area contributed by atoms with E-state index in [4.69, 9.17) is 0 Å². The Morgan fingerprint density at radius 2 is 1.38 bits per heavy atom. The fourth-order valence-corrected chi connectivity index (χ4v) is 2.14. The van der Waals surface area contributed by atoms with E-state index >= 15 is 0 Å². The fraction of sp³-hybridized carbons (Fsp3) is 0.933. The SMILES string of the molecule is CCCCNC1NC(=[NH+]CCCC)NC(NCCCC)N1. The van der Waals surface area contributed by atoms with Crippen LogP contribution >= 0.6 is 0 Å². The van der Waals surface area contributed by atoms with Gasteiger partial charge in [0.2, 0.25) is 0 Å². The van der Waals surface area contributed by atoms with Crippen LogP contribution in [0.15, 0.2) is 0 Å². The van der Waals surface area contributed by atoms with Crippen LogP contribution in [0.3, 0.4) is 0 Å². The lowest BCUT2D eigenvalue weighted by atomic mass is 10.3. The van der Waals surface area contributed by atoms with E-state index in [9.17, 15) is 0 Å². The molecule has 2 atom stereocenters. The Morgan fingerprint density at radius 1 is 0.857 bits per heavy atom. The summed E-state index contributed by atoms with van der Waals surface area (Å²) in [4.78, 5) is 3.44. The third kappa shape index (κ3) is 8.24. The molecule has 21 heavy (non-hydrogen) atoms. The smallest absolute Gasteiger partial charge is 0.278 e. The molecule has 2 unspecified atom stereocenters. The summed E-state index contributed by atoms with van der Waals surface area (Å²) in [7, 11) is 0. The molecule has 0 amide bonds. The van der Waals surface area contributed by atoms with Crippen molar-refractivity contribution in [1.29, 1.82) is 0 Å². The van der Waals surface area contributed by atoms with Gasteiger partial charge in [0.1, 0.15) is 0 Å². The molecule has 0 aliphatic carbocycles. The van der Waals surface area contributed by atoms with Crippen molar-refractivity contribution in [3.63, 3.8) is 0 Å². The van der Waals surface area contributed by atoms with Gasteiger partial charge in [-0.2, -0.15) is 0 Å². The Morgan fingerprint density at radius 3 is 1.86 bits per heavy atom. The van der Waals surface area contributed by atoms with Crippen LogP contribution in [0, 0.1) is 0 Å². The van der Waals surface area contributed by atoms with E-state index in [2.05, 4.69) is 52.3 Å². The zero-order valence-corrected chi connectivity index (χ0v) is 14.0. The van der Waals surface area contributed by atoms with Gasteiger partial charge < -0.3 is 0 Å². The highest BCUT2D eigenvalue weighted by molar-refractivity contribution is 5.75. The molecule has 0 bridgehead atoms. The second-order valence-corrected chi connectivity index (χ2v) is 5.59. The van der Waals surface area contributed by atoms with Crippen molar-refractivity contribution in [1.82, 2.24) is 26.6 Å². The Hall–Kier alpha value is -0.850. The van der Waals surface area contributed by atoms with Crippen molar-refractivity contribution >= 4 is 5.96 Å². The molecule has 1 heterocycles. The van der Waals surface area contributed by atoms with Gasteiger partial charge in [-0.25, -0.2) is 16.0 Å². The summed E-state index contributed by atoms with van der Waals surface area (Å²) in [5.74, 6) is 1.00. The topological polar surface area (TPSA) is 74.1 Å². The second-order valence-electron chi connectivity index (χ2n) is 5.59. The highest BCUT2D eigenvalue weighted by Gasteiger charge is 2.27. The van der Waals surface area contributed by atoms with Crippen molar-refractivity contribution in [2.45, 2.75) is 71.9 Å². The largest absolute Gasteiger partial charge is 0.348 e. The summed E-state index contributed by atoms with van der Waals surface area (Å²) < 4.78 is 0. The average molecular weight is 299 g/mol. The molecular weight excluding hydrogens is 264 g/mol. The summed E-state index contributed by atoms with van der Waals surface area (Å²) in [6, 6.07) is 0. The van der Waals surface area contributed by atoms with Crippen LogP contribution in [0.5, 0.6) is 0 Å². The summed E-state index contributed by atoms with van der Waals surface area (Å²) in [5, 5.41) is 17.3. The molecule has 1 saturated heterocycles. The molecule has 0 saturated carbocycles. The Balaban J connectivity index is 2.45. The number of guanidine groups is 1. The van der Waals surface area contributed by atoms with E-state index in [0.29, 0.717) is 0 Å². The van der Waals surface area contributed by atoms with Crippen LogP contribution in [0.25, 0.3) is 0 Å². The number of hydrogen-bond donors (Lipinski definition) is 6. The first-order chi connectivity index (χ1) is 10.3. The van der Waals surface area contributed by atoms with E-state index in [0.717, 1.165) is 25.6 Å². The zero-order chi connectivity index (χ0) is 15.3. The van der Waals surface area contributed by atoms with E-state index < -0.39 is 0 Å². The van der Waals surface area contributed by atoms with Crippen LogP contribution in [0.1, 0.15) is 59.3 Å². The van der Waals surface area contributed by atoms with Crippen molar-refractivity contribution in [2.75, 3.05) is 19.6 Å². The first-order valence-corrected chi connectivity index (χ1v) is 8.66. The highest BCUT2D eigenvalue weighted by Crippen LogP contribution is 1.89. The number of nitrogens with one attached hydrogen (secondary N) is 6. The van der Waals surface area contributed by atoms with Gasteiger partial charge in [0.15, 0.2) is 12.6 Å². The minimum absolute atomic E-state index is 0.0982. The maximum absolute atomic E-state index is 3.50. The number of unbranched alkanes of at least 4 members (excludes halogenated alkanes) is 3. The lowest BCUT2D eigenvalue weighted by molar-refractivity contribution is -0.463. The lowest BCUT2D eigenvalue weighted by Crippen LogP contribution is -2.87. The standard InChI is InChI=1S/C15H34N6/c1-4-7-10-16-13-19-14(17-11-8-5-2)21-15(20-13)18-12-9-6-3/h13-14,16-17,19H,4-12H2,1-3H3,(H2,18,20,21)/p+1. The molecule has 6 N–H and O–H groups in total. The van der Waals surface area contributed by atoms with Crippen molar-refractivity contribution < 1.29 is 4.99 Å². The van der Waals surface area contributed by atoms with E-state index in [1.165, 1.54) is 38.5 Å². The molecule has 1 rings (SSSR count). The summed E-state index contributed by atoms with van der Waals surface area (Å²) in [5.41, 5.74) is 0. The molecule has 6 heteroatoms. The van der Waals surface area contributed by atoms with Gasteiger partial charge in [-0.3, -0.25) is 15.6 Å². The van der Waals surface area contributed by atoms with E-state index in [1.807, 2.05) is 0 Å². The molecule has 6 nitrogen and oxygen atoms in total. The maximum Gasteiger partial charge on any atom is 0.348 e. The molecule has 0 radical (unpaired) electrons. The third-order valence-electron chi connectivity index (χ3n) is 3.50. The number of hydrogen-bond acceptors (Lipinski definition) is 3. The molecule has 0 spiro atoms. The highest BCUT2D eigenvalue weighted by atomic mass is 15.5. The molecular formula is C15H35N6+. The van der Waals surface area contributed by atoms with Crippen LogP contribution in [0.2, 0.25) is 0 Å². The minimum Gasteiger partial charge on any atom is -0.278 e. The minimum atomic E-state index is 0.0982. The summed E-state index contributed by atoms with van der Waals surface area (Å²) >= 11 is 0. The Kier molecular flexibility index (Phi) is 10.2. The number of rotatable bonds is 11. The second kappa shape index (κ2) is 11.8. The maximum atomic E-state index is 3.50. The zero-order valence-electron chi connectivity index (χ0n) is 14.0. The molecule has 0 aromatic heterocycles. The van der Waals surface area contributed by atoms with Gasteiger partial charge in [-0.05, 0) is 32.4 Å². The third-order valence-corrected chi connectivity index (χ3v) is 3.50.